The molecular weight excluding hydrogens is 507 g/mol. The molecule has 2 aliphatic rings. The van der Waals surface area contributed by atoms with Crippen molar-refractivity contribution < 1.29 is 27.4 Å². The molecule has 0 N–H and O–H groups in total. The van der Waals surface area contributed by atoms with Crippen LogP contribution in [0.15, 0.2) is 67.0 Å². The van der Waals surface area contributed by atoms with Crippen molar-refractivity contribution in [1.82, 2.24) is 14.8 Å². The van der Waals surface area contributed by atoms with Crippen LogP contribution in [0.3, 0.4) is 0 Å². The van der Waals surface area contributed by atoms with Gasteiger partial charge in [-0.1, -0.05) is 35.9 Å². The van der Waals surface area contributed by atoms with Crippen molar-refractivity contribution in [3.63, 3.8) is 0 Å². The summed E-state index contributed by atoms with van der Waals surface area (Å²) in [5.74, 6) is 1.12. The second-order valence-electron chi connectivity index (χ2n) is 9.58. The molecule has 1 aromatic heterocycles. The number of hydrogen-bond donors (Lipinski definition) is 0. The van der Waals surface area contributed by atoms with E-state index in [0.717, 1.165) is 50.5 Å². The Balaban J connectivity index is 1.07. The second kappa shape index (κ2) is 10.2. The summed E-state index contributed by atoms with van der Waals surface area (Å²) in [5, 5.41) is 0.560. The summed E-state index contributed by atoms with van der Waals surface area (Å²) in [5.41, 5.74) is 0.381. The summed E-state index contributed by atoms with van der Waals surface area (Å²) in [4.78, 5) is 19.9. The average molecular weight is 532 g/mol. The van der Waals surface area contributed by atoms with E-state index >= 15 is 0 Å². The molecule has 0 atom stereocenters. The Morgan fingerprint density at radius 1 is 1.00 bits per heavy atom. The van der Waals surface area contributed by atoms with E-state index in [1.54, 1.807) is 11.0 Å². The fourth-order valence-electron chi connectivity index (χ4n) is 4.86. The number of pyridine rings is 1. The van der Waals surface area contributed by atoms with Crippen LogP contribution in [0.2, 0.25) is 5.02 Å². The van der Waals surface area contributed by atoms with E-state index in [0.29, 0.717) is 30.1 Å². The van der Waals surface area contributed by atoms with Gasteiger partial charge in [0.15, 0.2) is 5.75 Å². The predicted octanol–water partition coefficient (Wildman–Crippen LogP) is 6.64. The number of halogens is 4. The number of carbonyl (C=O) groups is 1. The molecule has 1 amide bonds. The van der Waals surface area contributed by atoms with Crippen LogP contribution in [0.5, 0.6) is 17.2 Å². The molecule has 2 aromatic carbocycles. The number of ether oxygens (including phenoxy) is 2. The zero-order valence-electron chi connectivity index (χ0n) is 19.9. The van der Waals surface area contributed by atoms with Crippen LogP contribution in [0.4, 0.5) is 18.0 Å². The molecule has 6 nitrogen and oxygen atoms in total. The standard InChI is InChI=1S/C27H25ClF3N3O3/c28-23-3-1-2-4-24(23)36-21-7-5-19(6-8-21)16-33-17-26(18-33)9-11-34(12-10-26)25(35)37-22-13-20(14-32-15-22)27(29,30)31/h1-8,13-15H,9-12,16-18H2. The lowest BCUT2D eigenvalue weighted by atomic mass is 9.72. The van der Waals surface area contributed by atoms with E-state index in [9.17, 15) is 18.0 Å². The highest BCUT2D eigenvalue weighted by atomic mass is 35.5. The Labute approximate surface area is 217 Å². The molecule has 0 bridgehead atoms. The minimum Gasteiger partial charge on any atom is -0.456 e. The summed E-state index contributed by atoms with van der Waals surface area (Å²) >= 11 is 6.15. The molecule has 10 heteroatoms. The lowest BCUT2D eigenvalue weighted by molar-refractivity contribution is -0.137. The molecule has 194 valence electrons. The van der Waals surface area contributed by atoms with Crippen molar-refractivity contribution in [1.29, 1.82) is 0 Å². The van der Waals surface area contributed by atoms with E-state index in [2.05, 4.69) is 9.88 Å². The number of amides is 1. The Morgan fingerprint density at radius 2 is 1.70 bits per heavy atom. The van der Waals surface area contributed by atoms with Gasteiger partial charge in [0.05, 0.1) is 16.8 Å². The van der Waals surface area contributed by atoms with E-state index in [-0.39, 0.29) is 11.2 Å². The van der Waals surface area contributed by atoms with Crippen LogP contribution < -0.4 is 9.47 Å². The van der Waals surface area contributed by atoms with Crippen molar-refractivity contribution in [2.24, 2.45) is 5.41 Å². The summed E-state index contributed by atoms with van der Waals surface area (Å²) in [7, 11) is 0. The SMILES string of the molecule is O=C(Oc1cncc(C(F)(F)F)c1)N1CCC2(CC1)CN(Cc1ccc(Oc3ccccc3Cl)cc1)C2. The Kier molecular flexibility index (Phi) is 7.00. The van der Waals surface area contributed by atoms with Gasteiger partial charge in [0.25, 0.3) is 0 Å². The van der Waals surface area contributed by atoms with Gasteiger partial charge < -0.3 is 14.4 Å². The van der Waals surface area contributed by atoms with Crippen LogP contribution >= 0.6 is 11.6 Å². The molecule has 5 rings (SSSR count). The lowest BCUT2D eigenvalue weighted by Gasteiger charge is -2.54. The minimum atomic E-state index is -4.55. The lowest BCUT2D eigenvalue weighted by Crippen LogP contribution is -2.60. The maximum atomic E-state index is 12.9. The highest BCUT2D eigenvalue weighted by molar-refractivity contribution is 6.32. The highest BCUT2D eigenvalue weighted by Gasteiger charge is 2.45. The van der Waals surface area contributed by atoms with Gasteiger partial charge >= 0.3 is 12.3 Å². The van der Waals surface area contributed by atoms with Crippen LogP contribution in [-0.2, 0) is 12.7 Å². The Hall–Kier alpha value is -3.30. The predicted molar refractivity (Wildman–Crippen MR) is 132 cm³/mol. The maximum Gasteiger partial charge on any atom is 0.418 e. The van der Waals surface area contributed by atoms with Gasteiger partial charge in [0.2, 0.25) is 0 Å². The number of carbonyl (C=O) groups excluding carboxylic acids is 1. The number of hydrogen-bond acceptors (Lipinski definition) is 5. The first kappa shape index (κ1) is 25.4. The van der Waals surface area contributed by atoms with Crippen LogP contribution in [0, 0.1) is 5.41 Å². The first-order valence-electron chi connectivity index (χ1n) is 11.9. The summed E-state index contributed by atoms with van der Waals surface area (Å²) in [6.45, 7) is 3.71. The monoisotopic (exact) mass is 531 g/mol. The Bertz CT molecular complexity index is 1250. The largest absolute Gasteiger partial charge is 0.456 e. The topological polar surface area (TPSA) is 54.9 Å². The summed E-state index contributed by atoms with van der Waals surface area (Å²) < 4.78 is 49.6. The highest BCUT2D eigenvalue weighted by Crippen LogP contribution is 2.41. The summed E-state index contributed by atoms with van der Waals surface area (Å²) in [6, 6.07) is 16.1. The quantitative estimate of drug-likeness (QED) is 0.369. The van der Waals surface area contributed by atoms with Crippen molar-refractivity contribution >= 4 is 17.7 Å². The van der Waals surface area contributed by atoms with Gasteiger partial charge in [-0.05, 0) is 54.2 Å². The molecule has 3 aromatic rings. The zero-order valence-corrected chi connectivity index (χ0v) is 20.6. The number of benzene rings is 2. The van der Waals surface area contributed by atoms with E-state index in [1.807, 2.05) is 42.5 Å². The normalized spacial score (nSPS) is 17.4. The smallest absolute Gasteiger partial charge is 0.418 e. The number of nitrogens with zero attached hydrogens (tertiary/aromatic N) is 3. The fourth-order valence-corrected chi connectivity index (χ4v) is 5.04. The van der Waals surface area contributed by atoms with Gasteiger partial charge in [-0.2, -0.15) is 13.2 Å². The van der Waals surface area contributed by atoms with Crippen molar-refractivity contribution in [3.05, 3.63) is 83.1 Å². The molecule has 0 radical (unpaired) electrons. The second-order valence-corrected chi connectivity index (χ2v) is 9.99. The molecule has 2 aliphatic heterocycles. The Morgan fingerprint density at radius 3 is 2.38 bits per heavy atom. The molecule has 1 spiro atoms. The fraction of sp³-hybridized carbons (Fsp3) is 0.333. The number of rotatable bonds is 5. The summed E-state index contributed by atoms with van der Waals surface area (Å²) in [6.07, 6.45) is -1.74. The van der Waals surface area contributed by atoms with E-state index in [1.165, 1.54) is 5.56 Å². The molecule has 0 unspecified atom stereocenters. The van der Waals surface area contributed by atoms with Crippen LogP contribution in [0.1, 0.15) is 24.0 Å². The maximum absolute atomic E-state index is 12.9. The molecule has 3 heterocycles. The molecule has 2 saturated heterocycles. The number of aromatic nitrogens is 1. The number of alkyl halides is 3. The third kappa shape index (κ3) is 5.99. The number of para-hydroxylation sites is 1. The first-order valence-corrected chi connectivity index (χ1v) is 12.3. The van der Waals surface area contributed by atoms with Gasteiger partial charge in [-0.25, -0.2) is 4.79 Å². The molecule has 0 aliphatic carbocycles. The number of likely N-dealkylation sites (tertiary alicyclic amines) is 2. The molecular formula is C27H25ClF3N3O3. The third-order valence-corrected chi connectivity index (χ3v) is 7.15. The van der Waals surface area contributed by atoms with Crippen LogP contribution in [0.25, 0.3) is 0 Å². The van der Waals surface area contributed by atoms with Crippen LogP contribution in [-0.4, -0.2) is 47.1 Å². The van der Waals surface area contributed by atoms with Gasteiger partial charge in [0, 0.05) is 38.9 Å². The van der Waals surface area contributed by atoms with Crippen molar-refractivity contribution in [2.75, 3.05) is 26.2 Å². The van der Waals surface area contributed by atoms with Crippen molar-refractivity contribution in [3.8, 4) is 17.2 Å². The van der Waals surface area contributed by atoms with Gasteiger partial charge in [-0.15, -0.1) is 0 Å². The zero-order chi connectivity index (χ0) is 26.0. The average Bonchev–Trinajstić information content (AvgIpc) is 2.86. The molecule has 37 heavy (non-hydrogen) atoms. The van der Waals surface area contributed by atoms with E-state index in [4.69, 9.17) is 21.1 Å². The minimum absolute atomic E-state index is 0.154. The van der Waals surface area contributed by atoms with Crippen molar-refractivity contribution in [2.45, 2.75) is 25.6 Å². The molecule has 0 saturated carbocycles. The third-order valence-electron chi connectivity index (χ3n) is 6.84. The van der Waals surface area contributed by atoms with Gasteiger partial charge in [0.1, 0.15) is 11.5 Å². The molecule has 2 fully saturated rings. The first-order chi connectivity index (χ1) is 17.7. The number of piperidine rings is 1. The van der Waals surface area contributed by atoms with E-state index < -0.39 is 17.8 Å². The van der Waals surface area contributed by atoms with Gasteiger partial charge in [-0.3, -0.25) is 9.88 Å².